The van der Waals surface area contributed by atoms with E-state index in [0.717, 1.165) is 36.1 Å². The lowest BCUT2D eigenvalue weighted by Crippen LogP contribution is -2.42. The van der Waals surface area contributed by atoms with Gasteiger partial charge in [-0.15, -0.1) is 11.3 Å². The van der Waals surface area contributed by atoms with Gasteiger partial charge in [-0.1, -0.05) is 63.1 Å². The van der Waals surface area contributed by atoms with Gasteiger partial charge in [0, 0.05) is 24.4 Å². The van der Waals surface area contributed by atoms with Gasteiger partial charge in [-0.3, -0.25) is 9.59 Å². The van der Waals surface area contributed by atoms with Gasteiger partial charge < -0.3 is 9.80 Å². The van der Waals surface area contributed by atoms with Gasteiger partial charge in [0.1, 0.15) is 0 Å². The molecule has 0 aliphatic rings. The van der Waals surface area contributed by atoms with Gasteiger partial charge in [-0.25, -0.2) is 0 Å². The summed E-state index contributed by atoms with van der Waals surface area (Å²) in [7, 11) is 0. The Morgan fingerprint density at radius 1 is 0.857 bits per heavy atom. The van der Waals surface area contributed by atoms with Gasteiger partial charge in [0.2, 0.25) is 11.8 Å². The second-order valence-electron chi connectivity index (χ2n) is 7.09. The summed E-state index contributed by atoms with van der Waals surface area (Å²) >= 11 is 1.65. The van der Waals surface area contributed by atoms with Crippen LogP contribution in [0.5, 0.6) is 0 Å². The number of rotatable bonds is 12. The molecule has 0 aliphatic heterocycles. The van der Waals surface area contributed by atoms with Crippen LogP contribution < -0.4 is 0 Å². The summed E-state index contributed by atoms with van der Waals surface area (Å²) in [6.07, 6.45) is 4.32. The van der Waals surface area contributed by atoms with E-state index in [0.29, 0.717) is 26.1 Å². The maximum absolute atomic E-state index is 13.2. The highest BCUT2D eigenvalue weighted by molar-refractivity contribution is 7.09. The molecule has 0 N–H and O–H groups in total. The van der Waals surface area contributed by atoms with Gasteiger partial charge in [0.05, 0.1) is 13.1 Å². The number of thiophene rings is 1. The first-order valence-corrected chi connectivity index (χ1v) is 11.1. The molecule has 0 radical (unpaired) electrons. The molecule has 2 amide bonds. The zero-order chi connectivity index (χ0) is 20.2. The van der Waals surface area contributed by atoms with Crippen molar-refractivity contribution >= 4 is 23.2 Å². The molecule has 28 heavy (non-hydrogen) atoms. The molecule has 1 aromatic carbocycles. The molecule has 152 valence electrons. The van der Waals surface area contributed by atoms with Crippen molar-refractivity contribution in [3.8, 4) is 0 Å². The molecule has 0 spiro atoms. The Bertz CT molecular complexity index is 701. The molecule has 0 aliphatic carbocycles. The molecule has 2 aromatic rings. The molecular formula is C23H32N2O2S. The van der Waals surface area contributed by atoms with E-state index in [1.807, 2.05) is 46.7 Å². The van der Waals surface area contributed by atoms with Crippen LogP contribution in [0.1, 0.15) is 56.4 Å². The van der Waals surface area contributed by atoms with Crippen LogP contribution in [0.3, 0.4) is 0 Å². The summed E-state index contributed by atoms with van der Waals surface area (Å²) in [5.41, 5.74) is 1.10. The van der Waals surface area contributed by atoms with Crippen molar-refractivity contribution in [2.75, 3.05) is 13.1 Å². The Kier molecular flexibility index (Phi) is 9.77. The number of unbranched alkanes of at least 4 members (excludes halogenated alkanes) is 2. The van der Waals surface area contributed by atoms with Gasteiger partial charge in [-0.2, -0.15) is 0 Å². The molecule has 5 heteroatoms. The Morgan fingerprint density at radius 3 is 2.25 bits per heavy atom. The fourth-order valence-electron chi connectivity index (χ4n) is 3.02. The second kappa shape index (κ2) is 12.3. The summed E-state index contributed by atoms with van der Waals surface area (Å²) in [5, 5.41) is 2.03. The van der Waals surface area contributed by atoms with Crippen LogP contribution in [0.2, 0.25) is 0 Å². The largest absolute Gasteiger partial charge is 0.333 e. The Hall–Kier alpha value is -2.14. The van der Waals surface area contributed by atoms with Crippen LogP contribution >= 0.6 is 11.3 Å². The minimum absolute atomic E-state index is 0.0122. The van der Waals surface area contributed by atoms with Gasteiger partial charge >= 0.3 is 0 Å². The van der Waals surface area contributed by atoms with E-state index in [1.165, 1.54) is 0 Å². The average molecular weight is 401 g/mol. The molecule has 4 nitrogen and oxygen atoms in total. The lowest BCUT2D eigenvalue weighted by molar-refractivity contribution is -0.141. The normalized spacial score (nSPS) is 10.6. The summed E-state index contributed by atoms with van der Waals surface area (Å²) in [6.45, 7) is 6.15. The molecule has 1 heterocycles. The lowest BCUT2D eigenvalue weighted by Gasteiger charge is -2.28. The van der Waals surface area contributed by atoms with Crippen molar-refractivity contribution in [2.24, 2.45) is 0 Å². The number of hydrogen-bond donors (Lipinski definition) is 0. The quantitative estimate of drug-likeness (QED) is 0.497. The van der Waals surface area contributed by atoms with Crippen molar-refractivity contribution < 1.29 is 9.59 Å². The van der Waals surface area contributed by atoms with Crippen LogP contribution in [0.25, 0.3) is 0 Å². The summed E-state index contributed by atoms with van der Waals surface area (Å²) < 4.78 is 0. The van der Waals surface area contributed by atoms with Crippen molar-refractivity contribution in [1.82, 2.24) is 9.80 Å². The molecule has 0 saturated heterocycles. The number of hydrogen-bond acceptors (Lipinski definition) is 3. The molecule has 1 aromatic heterocycles. The molecular weight excluding hydrogens is 368 g/mol. The fraction of sp³-hybridized carbons (Fsp3) is 0.478. The lowest BCUT2D eigenvalue weighted by atomic mass is 10.2. The van der Waals surface area contributed by atoms with Crippen LogP contribution in [-0.4, -0.2) is 34.7 Å². The number of carbonyl (C=O) groups excluding carboxylic acids is 2. The minimum atomic E-state index is 0.0122. The first kappa shape index (κ1) is 22.2. The van der Waals surface area contributed by atoms with Crippen molar-refractivity contribution in [2.45, 2.75) is 59.0 Å². The van der Waals surface area contributed by atoms with E-state index in [9.17, 15) is 9.59 Å². The fourth-order valence-corrected chi connectivity index (χ4v) is 3.74. The van der Waals surface area contributed by atoms with Gasteiger partial charge in [-0.05, 0) is 29.9 Å². The maximum atomic E-state index is 13.2. The highest BCUT2D eigenvalue weighted by Gasteiger charge is 2.21. The standard InChI is InChI=1S/C23H32N2O2S/c1-3-5-14-22(26)24(15-6-4-2)19-23(27)25(18-21-13-10-16-28-21)17-20-11-8-7-9-12-20/h7-13,16H,3-6,14-15,17-19H2,1-2H3. The summed E-state index contributed by atoms with van der Waals surface area (Å²) in [4.78, 5) is 30.5. The zero-order valence-corrected chi connectivity index (χ0v) is 17.9. The van der Waals surface area contributed by atoms with Crippen LogP contribution in [0.4, 0.5) is 0 Å². The molecule has 0 bridgehead atoms. The average Bonchev–Trinajstić information content (AvgIpc) is 3.22. The van der Waals surface area contributed by atoms with Gasteiger partial charge in [0.25, 0.3) is 0 Å². The van der Waals surface area contributed by atoms with Crippen molar-refractivity contribution in [3.63, 3.8) is 0 Å². The first-order chi connectivity index (χ1) is 13.6. The predicted octanol–water partition coefficient (Wildman–Crippen LogP) is 5.10. The first-order valence-electron chi connectivity index (χ1n) is 10.3. The Morgan fingerprint density at radius 2 is 1.61 bits per heavy atom. The van der Waals surface area contributed by atoms with Crippen LogP contribution in [0.15, 0.2) is 47.8 Å². The highest BCUT2D eigenvalue weighted by atomic mass is 32.1. The number of carbonyl (C=O) groups is 2. The zero-order valence-electron chi connectivity index (χ0n) is 17.1. The third-order valence-electron chi connectivity index (χ3n) is 4.70. The molecule has 0 unspecified atom stereocenters. The molecule has 2 rings (SSSR count). The SMILES string of the molecule is CCCCC(=O)N(CCCC)CC(=O)N(Cc1ccccc1)Cc1cccs1. The summed E-state index contributed by atoms with van der Waals surface area (Å²) in [5.74, 6) is 0.109. The molecule has 0 saturated carbocycles. The summed E-state index contributed by atoms with van der Waals surface area (Å²) in [6, 6.07) is 14.1. The number of amides is 2. The van der Waals surface area contributed by atoms with E-state index >= 15 is 0 Å². The van der Waals surface area contributed by atoms with E-state index in [-0.39, 0.29) is 18.4 Å². The number of nitrogens with zero attached hydrogens (tertiary/aromatic N) is 2. The van der Waals surface area contributed by atoms with Gasteiger partial charge in [0.15, 0.2) is 0 Å². The Balaban J connectivity index is 2.09. The van der Waals surface area contributed by atoms with E-state index in [4.69, 9.17) is 0 Å². The van der Waals surface area contributed by atoms with E-state index in [2.05, 4.69) is 19.9 Å². The van der Waals surface area contributed by atoms with Crippen LogP contribution in [-0.2, 0) is 22.7 Å². The second-order valence-corrected chi connectivity index (χ2v) is 8.12. The minimum Gasteiger partial charge on any atom is -0.333 e. The van der Waals surface area contributed by atoms with E-state index in [1.54, 1.807) is 16.2 Å². The highest BCUT2D eigenvalue weighted by Crippen LogP contribution is 2.15. The van der Waals surface area contributed by atoms with Crippen LogP contribution in [0, 0.1) is 0 Å². The monoisotopic (exact) mass is 400 g/mol. The van der Waals surface area contributed by atoms with Crippen molar-refractivity contribution in [1.29, 1.82) is 0 Å². The molecule has 0 atom stereocenters. The Labute approximate surface area is 173 Å². The predicted molar refractivity (Wildman–Crippen MR) is 116 cm³/mol. The molecule has 0 fully saturated rings. The topological polar surface area (TPSA) is 40.6 Å². The smallest absolute Gasteiger partial charge is 0.242 e. The maximum Gasteiger partial charge on any atom is 0.242 e. The number of benzene rings is 1. The third-order valence-corrected chi connectivity index (χ3v) is 5.56. The van der Waals surface area contributed by atoms with Crippen molar-refractivity contribution in [3.05, 3.63) is 58.3 Å². The van der Waals surface area contributed by atoms with E-state index < -0.39 is 0 Å². The third kappa shape index (κ3) is 7.47.